The van der Waals surface area contributed by atoms with Crippen LogP contribution in [0.4, 0.5) is 5.82 Å². The number of rotatable bonds is 4. The molecular formula is C10H16N4O. The van der Waals surface area contributed by atoms with E-state index in [4.69, 9.17) is 5.73 Å². The Morgan fingerprint density at radius 1 is 1.47 bits per heavy atom. The van der Waals surface area contributed by atoms with Crippen LogP contribution in [-0.2, 0) is 11.3 Å². The van der Waals surface area contributed by atoms with Gasteiger partial charge in [0.25, 0.3) is 0 Å². The van der Waals surface area contributed by atoms with Crippen molar-refractivity contribution in [2.45, 2.75) is 25.8 Å². The molecule has 0 aromatic carbocycles. The van der Waals surface area contributed by atoms with Crippen molar-refractivity contribution >= 4 is 11.7 Å². The molecule has 0 aliphatic carbocycles. The maximum absolute atomic E-state index is 11.3. The third-order valence-corrected chi connectivity index (χ3v) is 2.65. The molecule has 5 nitrogen and oxygen atoms in total. The van der Waals surface area contributed by atoms with E-state index in [0.29, 0.717) is 12.2 Å². The van der Waals surface area contributed by atoms with Crippen LogP contribution in [0.25, 0.3) is 0 Å². The molecule has 0 bridgehead atoms. The average Bonchev–Trinajstić information content (AvgIpc) is 2.77. The van der Waals surface area contributed by atoms with Crippen molar-refractivity contribution in [3.8, 4) is 0 Å². The van der Waals surface area contributed by atoms with Gasteiger partial charge in [-0.3, -0.25) is 9.48 Å². The summed E-state index contributed by atoms with van der Waals surface area (Å²) in [6, 6.07) is 1.78. The summed E-state index contributed by atoms with van der Waals surface area (Å²) >= 11 is 0. The Morgan fingerprint density at radius 3 is 2.93 bits per heavy atom. The summed E-state index contributed by atoms with van der Waals surface area (Å²) in [5.74, 6) is 0.835. The number of nitrogens with two attached hydrogens (primary N) is 1. The molecule has 0 saturated carbocycles. The van der Waals surface area contributed by atoms with Gasteiger partial charge in [0.05, 0.1) is 0 Å². The van der Waals surface area contributed by atoms with E-state index in [9.17, 15) is 4.79 Å². The van der Waals surface area contributed by atoms with Crippen LogP contribution >= 0.6 is 0 Å². The van der Waals surface area contributed by atoms with Crippen LogP contribution in [0, 0.1) is 0 Å². The predicted molar refractivity (Wildman–Crippen MR) is 57.1 cm³/mol. The first-order valence-corrected chi connectivity index (χ1v) is 5.32. The monoisotopic (exact) mass is 208 g/mol. The summed E-state index contributed by atoms with van der Waals surface area (Å²) in [5.41, 5.74) is 5.50. The fourth-order valence-electron chi connectivity index (χ4n) is 1.87. The van der Waals surface area contributed by atoms with Gasteiger partial charge in [-0.05, 0) is 18.9 Å². The summed E-state index contributed by atoms with van der Waals surface area (Å²) in [7, 11) is 0. The van der Waals surface area contributed by atoms with Gasteiger partial charge in [-0.15, -0.1) is 0 Å². The largest absolute Gasteiger partial charge is 0.382 e. The second kappa shape index (κ2) is 4.33. The zero-order valence-corrected chi connectivity index (χ0v) is 8.72. The molecule has 2 heterocycles. The number of nitrogens with zero attached hydrogens (tertiary/aromatic N) is 3. The minimum absolute atomic E-state index is 0.287. The number of amides is 1. The summed E-state index contributed by atoms with van der Waals surface area (Å²) in [5, 5.41) is 4.08. The number of carbonyl (C=O) groups excluding carboxylic acids is 1. The number of likely N-dealkylation sites (tertiary alicyclic amines) is 1. The molecule has 1 aliphatic rings. The van der Waals surface area contributed by atoms with Crippen molar-refractivity contribution in [3.63, 3.8) is 0 Å². The molecule has 1 aromatic rings. The number of hydrogen-bond donors (Lipinski definition) is 1. The lowest BCUT2D eigenvalue weighted by Crippen LogP contribution is -2.26. The molecule has 15 heavy (non-hydrogen) atoms. The Balaban J connectivity index is 1.73. The van der Waals surface area contributed by atoms with Gasteiger partial charge < -0.3 is 10.6 Å². The van der Waals surface area contributed by atoms with Crippen LogP contribution in [0.15, 0.2) is 12.3 Å². The highest BCUT2D eigenvalue weighted by Gasteiger charge is 2.18. The molecule has 1 aromatic heterocycles. The SMILES string of the molecule is Nc1ccn(CCCN2CCCC2=O)n1. The molecular weight excluding hydrogens is 192 g/mol. The average molecular weight is 208 g/mol. The molecule has 1 amide bonds. The lowest BCUT2D eigenvalue weighted by molar-refractivity contribution is -0.127. The molecule has 1 aliphatic heterocycles. The first kappa shape index (κ1) is 10.0. The van der Waals surface area contributed by atoms with Gasteiger partial charge in [0.1, 0.15) is 5.82 Å². The van der Waals surface area contributed by atoms with E-state index in [-0.39, 0.29) is 5.91 Å². The van der Waals surface area contributed by atoms with Gasteiger partial charge in [0.2, 0.25) is 5.91 Å². The zero-order chi connectivity index (χ0) is 10.7. The van der Waals surface area contributed by atoms with Crippen molar-refractivity contribution < 1.29 is 4.79 Å². The third-order valence-electron chi connectivity index (χ3n) is 2.65. The minimum Gasteiger partial charge on any atom is -0.382 e. The third kappa shape index (κ3) is 2.49. The van der Waals surface area contributed by atoms with Crippen molar-refractivity contribution in [1.29, 1.82) is 0 Å². The molecule has 5 heteroatoms. The second-order valence-corrected chi connectivity index (χ2v) is 3.84. The Labute approximate surface area is 88.8 Å². The first-order chi connectivity index (χ1) is 7.25. The summed E-state index contributed by atoms with van der Waals surface area (Å²) < 4.78 is 1.82. The summed E-state index contributed by atoms with van der Waals surface area (Å²) in [6.07, 6.45) is 4.52. The minimum atomic E-state index is 0.287. The molecule has 0 unspecified atom stereocenters. The highest BCUT2D eigenvalue weighted by Crippen LogP contribution is 2.10. The number of aryl methyl sites for hydroxylation is 1. The van der Waals surface area contributed by atoms with E-state index in [1.54, 1.807) is 6.07 Å². The number of nitrogen functional groups attached to an aromatic ring is 1. The van der Waals surface area contributed by atoms with Crippen molar-refractivity contribution in [2.75, 3.05) is 18.8 Å². The normalized spacial score (nSPS) is 16.3. The molecule has 1 fully saturated rings. The highest BCUT2D eigenvalue weighted by atomic mass is 16.2. The molecule has 82 valence electrons. The quantitative estimate of drug-likeness (QED) is 0.782. The fraction of sp³-hybridized carbons (Fsp3) is 0.600. The van der Waals surface area contributed by atoms with Crippen molar-refractivity contribution in [1.82, 2.24) is 14.7 Å². The highest BCUT2D eigenvalue weighted by molar-refractivity contribution is 5.77. The van der Waals surface area contributed by atoms with Crippen LogP contribution in [0.3, 0.4) is 0 Å². The van der Waals surface area contributed by atoms with E-state index in [0.717, 1.165) is 32.5 Å². The molecule has 2 rings (SSSR count). The smallest absolute Gasteiger partial charge is 0.222 e. The Bertz CT molecular complexity index is 347. The number of hydrogen-bond acceptors (Lipinski definition) is 3. The van der Waals surface area contributed by atoms with E-state index < -0.39 is 0 Å². The van der Waals surface area contributed by atoms with Gasteiger partial charge in [0, 0.05) is 32.3 Å². The molecule has 1 saturated heterocycles. The lowest BCUT2D eigenvalue weighted by Gasteiger charge is -2.14. The van der Waals surface area contributed by atoms with Gasteiger partial charge in [-0.1, -0.05) is 0 Å². The summed E-state index contributed by atoms with van der Waals surface area (Å²) in [6.45, 7) is 2.57. The van der Waals surface area contributed by atoms with Gasteiger partial charge >= 0.3 is 0 Å². The van der Waals surface area contributed by atoms with Crippen LogP contribution < -0.4 is 5.73 Å². The van der Waals surface area contributed by atoms with Crippen LogP contribution in [0.2, 0.25) is 0 Å². The van der Waals surface area contributed by atoms with Gasteiger partial charge in [0.15, 0.2) is 0 Å². The van der Waals surface area contributed by atoms with E-state index in [2.05, 4.69) is 5.10 Å². The predicted octanol–water partition coefficient (Wildman–Crippen LogP) is 0.478. The lowest BCUT2D eigenvalue weighted by atomic mass is 10.4. The number of aromatic nitrogens is 2. The zero-order valence-electron chi connectivity index (χ0n) is 8.72. The first-order valence-electron chi connectivity index (χ1n) is 5.32. The maximum Gasteiger partial charge on any atom is 0.222 e. The van der Waals surface area contributed by atoms with E-state index >= 15 is 0 Å². The Kier molecular flexibility index (Phi) is 2.89. The van der Waals surface area contributed by atoms with Gasteiger partial charge in [-0.2, -0.15) is 5.10 Å². The second-order valence-electron chi connectivity index (χ2n) is 3.84. The van der Waals surface area contributed by atoms with Crippen LogP contribution in [0.5, 0.6) is 0 Å². The molecule has 0 spiro atoms. The van der Waals surface area contributed by atoms with E-state index in [1.807, 2.05) is 15.8 Å². The van der Waals surface area contributed by atoms with Crippen molar-refractivity contribution in [2.24, 2.45) is 0 Å². The van der Waals surface area contributed by atoms with E-state index in [1.165, 1.54) is 0 Å². The van der Waals surface area contributed by atoms with Gasteiger partial charge in [-0.25, -0.2) is 0 Å². The van der Waals surface area contributed by atoms with Crippen LogP contribution in [-0.4, -0.2) is 33.7 Å². The topological polar surface area (TPSA) is 64.2 Å². The summed E-state index contributed by atoms with van der Waals surface area (Å²) in [4.78, 5) is 13.2. The molecule has 0 atom stereocenters. The molecule has 0 radical (unpaired) electrons. The Morgan fingerprint density at radius 2 is 2.33 bits per heavy atom. The number of anilines is 1. The number of carbonyl (C=O) groups is 1. The Hall–Kier alpha value is -1.52. The standard InChI is InChI=1S/C10H16N4O/c11-9-4-8-14(12-9)7-2-6-13-5-1-3-10(13)15/h4,8H,1-3,5-7H2,(H2,11,12). The van der Waals surface area contributed by atoms with Crippen LogP contribution in [0.1, 0.15) is 19.3 Å². The molecule has 2 N–H and O–H groups in total. The maximum atomic E-state index is 11.3. The fourth-order valence-corrected chi connectivity index (χ4v) is 1.87. The van der Waals surface area contributed by atoms with Crippen molar-refractivity contribution in [3.05, 3.63) is 12.3 Å².